The number of carbonyl (C=O) groups excluding carboxylic acids is 3. The summed E-state index contributed by atoms with van der Waals surface area (Å²) in [4.78, 5) is 33.1. The van der Waals surface area contributed by atoms with Gasteiger partial charge in [0.2, 0.25) is 0 Å². The molecule has 0 bridgehead atoms. The van der Waals surface area contributed by atoms with Crippen LogP contribution in [0.2, 0.25) is 0 Å². The minimum atomic E-state index is -0.0578. The molecule has 4 aliphatic carbocycles. The largest absolute Gasteiger partial charge is 0.471 e. The lowest BCUT2D eigenvalue weighted by Gasteiger charge is -2.49. The van der Waals surface area contributed by atoms with Gasteiger partial charge in [0.05, 0.1) is 7.11 Å². The van der Waals surface area contributed by atoms with E-state index in [0.717, 1.165) is 32.1 Å². The third-order valence-corrected chi connectivity index (χ3v) is 8.83. The Kier molecular flexibility index (Phi) is 7.67. The van der Waals surface area contributed by atoms with E-state index in [2.05, 4.69) is 31.6 Å². The van der Waals surface area contributed by atoms with Crippen molar-refractivity contribution in [1.29, 1.82) is 0 Å². The number of hydrogen-bond donors (Lipinski definition) is 0. The van der Waals surface area contributed by atoms with Crippen LogP contribution in [0.15, 0.2) is 23.3 Å². The Hall–Kier alpha value is -1.91. The van der Waals surface area contributed by atoms with Crippen molar-refractivity contribution >= 4 is 18.2 Å². The van der Waals surface area contributed by atoms with Gasteiger partial charge in [0.15, 0.2) is 5.78 Å². The van der Waals surface area contributed by atoms with E-state index in [9.17, 15) is 9.59 Å². The van der Waals surface area contributed by atoms with Gasteiger partial charge in [0.1, 0.15) is 6.10 Å². The first kappa shape index (κ1) is 24.7. The summed E-state index contributed by atoms with van der Waals surface area (Å²) >= 11 is 0. The van der Waals surface area contributed by atoms with Gasteiger partial charge in [-0.15, -0.1) is 0 Å². The maximum absolute atomic E-state index is 12.1. The number of ether oxygens (including phenoxy) is 2. The zero-order chi connectivity index (χ0) is 23.5. The molecule has 0 aromatic carbocycles. The Morgan fingerprint density at radius 1 is 1.28 bits per heavy atom. The highest BCUT2D eigenvalue weighted by Gasteiger charge is 2.52. The number of methoxy groups -OCH3 is 1. The first-order valence-corrected chi connectivity index (χ1v) is 12.3. The molecule has 5 nitrogen and oxygen atoms in total. The van der Waals surface area contributed by atoms with Gasteiger partial charge in [-0.25, -0.2) is 0 Å². The van der Waals surface area contributed by atoms with Crippen molar-refractivity contribution in [3.05, 3.63) is 23.3 Å². The maximum Gasteiger partial charge on any atom is 0.305 e. The summed E-state index contributed by atoms with van der Waals surface area (Å²) in [6.07, 6.45) is 13.3. The second-order valence-electron chi connectivity index (χ2n) is 10.7. The average Bonchev–Trinajstić information content (AvgIpc) is 2.94. The molecule has 0 spiro atoms. The highest BCUT2D eigenvalue weighted by Crippen LogP contribution is 2.60. The van der Waals surface area contributed by atoms with Crippen LogP contribution < -0.4 is 0 Å². The molecule has 4 aliphatic rings. The van der Waals surface area contributed by atoms with Gasteiger partial charge in [-0.2, -0.15) is 0 Å². The van der Waals surface area contributed by atoms with E-state index in [1.54, 1.807) is 5.57 Å². The Labute approximate surface area is 193 Å². The Morgan fingerprint density at radius 2 is 2.00 bits per heavy atom. The minimum absolute atomic E-state index is 0.0395. The normalized spacial score (nSPS) is 38.2. The molecule has 5 heteroatoms. The van der Waals surface area contributed by atoms with Crippen molar-refractivity contribution in [3.63, 3.8) is 0 Å². The second-order valence-corrected chi connectivity index (χ2v) is 10.7. The number of ketones is 1. The number of rotatable bonds is 3. The van der Waals surface area contributed by atoms with Gasteiger partial charge in [0.25, 0.3) is 6.47 Å². The monoisotopic (exact) mass is 444 g/mol. The van der Waals surface area contributed by atoms with Crippen molar-refractivity contribution in [1.82, 2.24) is 0 Å². The summed E-state index contributed by atoms with van der Waals surface area (Å²) in [5.41, 5.74) is 3.05. The SMILES string of the molecule is CCC(=O)OC1CCCC2CC3C(=CCC21C)C1(C)CCC(=O)C=C1CC3C.COC=O. The molecular weight excluding hydrogens is 404 g/mol. The molecule has 4 rings (SSSR count). The van der Waals surface area contributed by atoms with Gasteiger partial charge in [0, 0.05) is 23.7 Å². The molecule has 6 atom stereocenters. The predicted octanol–water partition coefficient (Wildman–Crippen LogP) is 5.58. The van der Waals surface area contributed by atoms with Gasteiger partial charge >= 0.3 is 5.97 Å². The second kappa shape index (κ2) is 9.93. The molecule has 6 unspecified atom stereocenters. The van der Waals surface area contributed by atoms with E-state index in [1.165, 1.54) is 25.5 Å². The van der Waals surface area contributed by atoms with Gasteiger partial charge in [-0.3, -0.25) is 14.4 Å². The number of allylic oxidation sites excluding steroid dienone is 4. The summed E-state index contributed by atoms with van der Waals surface area (Å²) in [5, 5.41) is 0. The fraction of sp³-hybridized carbons (Fsp3) is 0.741. The lowest BCUT2D eigenvalue weighted by atomic mass is 9.55. The van der Waals surface area contributed by atoms with Gasteiger partial charge in [-0.05, 0) is 68.8 Å². The van der Waals surface area contributed by atoms with Crippen LogP contribution in [0.5, 0.6) is 0 Å². The zero-order valence-corrected chi connectivity index (χ0v) is 20.4. The minimum Gasteiger partial charge on any atom is -0.471 e. The maximum atomic E-state index is 12.1. The fourth-order valence-corrected chi connectivity index (χ4v) is 6.74. The Bertz CT molecular complexity index is 796. The molecule has 178 valence electrons. The van der Waals surface area contributed by atoms with E-state index in [4.69, 9.17) is 9.53 Å². The Balaban J connectivity index is 0.000000668. The topological polar surface area (TPSA) is 69.7 Å². The molecule has 0 N–H and O–H groups in total. The van der Waals surface area contributed by atoms with E-state index in [-0.39, 0.29) is 22.9 Å². The molecule has 0 radical (unpaired) electrons. The smallest absolute Gasteiger partial charge is 0.305 e. The van der Waals surface area contributed by atoms with Crippen molar-refractivity contribution in [2.75, 3.05) is 7.11 Å². The number of hydrogen-bond acceptors (Lipinski definition) is 5. The van der Waals surface area contributed by atoms with Crippen LogP contribution in [-0.2, 0) is 23.9 Å². The molecule has 0 aromatic heterocycles. The van der Waals surface area contributed by atoms with Crippen molar-refractivity contribution < 1.29 is 23.9 Å². The number of carbonyl (C=O) groups is 3. The highest BCUT2D eigenvalue weighted by molar-refractivity contribution is 5.92. The number of fused-ring (bicyclic) bond motifs is 4. The van der Waals surface area contributed by atoms with Crippen LogP contribution in [0.3, 0.4) is 0 Å². The highest BCUT2D eigenvalue weighted by atomic mass is 16.5. The van der Waals surface area contributed by atoms with Crippen molar-refractivity contribution in [2.45, 2.75) is 91.6 Å². The quantitative estimate of drug-likeness (QED) is 0.323. The Morgan fingerprint density at radius 3 is 2.66 bits per heavy atom. The number of esters is 1. The summed E-state index contributed by atoms with van der Waals surface area (Å²) in [6, 6.07) is 0. The first-order chi connectivity index (χ1) is 15.2. The molecule has 0 saturated heterocycles. The van der Waals surface area contributed by atoms with Gasteiger partial charge in [-0.1, -0.05) is 44.9 Å². The van der Waals surface area contributed by atoms with Crippen LogP contribution in [0.1, 0.15) is 85.5 Å². The summed E-state index contributed by atoms with van der Waals surface area (Å²) in [6.45, 7) is 9.38. The van der Waals surface area contributed by atoms with E-state index in [1.807, 2.05) is 13.0 Å². The predicted molar refractivity (Wildman–Crippen MR) is 124 cm³/mol. The molecule has 32 heavy (non-hydrogen) atoms. The third-order valence-electron chi connectivity index (χ3n) is 8.83. The lowest BCUT2D eigenvalue weighted by molar-refractivity contribution is -0.162. The molecule has 0 aromatic rings. The summed E-state index contributed by atoms with van der Waals surface area (Å²) in [7, 11) is 1.31. The van der Waals surface area contributed by atoms with Crippen LogP contribution in [-0.4, -0.2) is 31.4 Å². The molecule has 0 amide bonds. The molecule has 0 aliphatic heterocycles. The van der Waals surface area contributed by atoms with Crippen LogP contribution >= 0.6 is 0 Å². The summed E-state index contributed by atoms with van der Waals surface area (Å²) in [5.74, 6) is 2.04. The van der Waals surface area contributed by atoms with Crippen LogP contribution in [0.25, 0.3) is 0 Å². The van der Waals surface area contributed by atoms with Crippen molar-refractivity contribution in [2.24, 2.45) is 28.6 Å². The zero-order valence-electron chi connectivity index (χ0n) is 20.4. The molecular formula is C27H40O5. The van der Waals surface area contributed by atoms with E-state index >= 15 is 0 Å². The first-order valence-electron chi connectivity index (χ1n) is 12.3. The standard InChI is InChI=1S/C25H36O3.C2H4O2/c1-5-23(27)28-22-8-6-7-17-15-20-16(2)13-18-14-19(26)9-11-24(18,3)21(20)10-12-25(17,22)4;1-4-2-3/h10,14,16-17,20,22H,5-9,11-13,15H2,1-4H3;2H,1H3. The van der Waals surface area contributed by atoms with Crippen LogP contribution in [0.4, 0.5) is 0 Å². The van der Waals surface area contributed by atoms with Crippen LogP contribution in [0, 0.1) is 28.6 Å². The molecule has 2 saturated carbocycles. The summed E-state index contributed by atoms with van der Waals surface area (Å²) < 4.78 is 9.83. The molecule has 2 fully saturated rings. The van der Waals surface area contributed by atoms with Gasteiger partial charge < -0.3 is 9.47 Å². The average molecular weight is 445 g/mol. The van der Waals surface area contributed by atoms with E-state index < -0.39 is 0 Å². The molecule has 0 heterocycles. The third kappa shape index (κ3) is 4.58. The van der Waals surface area contributed by atoms with Crippen molar-refractivity contribution in [3.8, 4) is 0 Å². The fourth-order valence-electron chi connectivity index (χ4n) is 6.74. The van der Waals surface area contributed by atoms with E-state index in [0.29, 0.717) is 42.9 Å². The lowest BCUT2D eigenvalue weighted by Crippen LogP contribution is -2.45.